The topological polar surface area (TPSA) is 84.7 Å². The number of halogens is 1. The van der Waals surface area contributed by atoms with Crippen molar-refractivity contribution in [2.45, 2.75) is 38.3 Å². The number of piperidine rings is 1. The number of nitrogens with zero attached hydrogens (tertiary/aromatic N) is 1. The first-order valence-electron chi connectivity index (χ1n) is 7.97. The molecule has 0 bridgehead atoms. The van der Waals surface area contributed by atoms with E-state index in [0.717, 1.165) is 24.2 Å². The van der Waals surface area contributed by atoms with Gasteiger partial charge >= 0.3 is 0 Å². The number of para-hydroxylation sites is 1. The van der Waals surface area contributed by atoms with Gasteiger partial charge in [0.2, 0.25) is 11.8 Å². The predicted molar refractivity (Wildman–Crippen MR) is 95.3 cm³/mol. The van der Waals surface area contributed by atoms with Crippen molar-refractivity contribution in [2.75, 3.05) is 20.2 Å². The molecule has 24 heavy (non-hydrogen) atoms. The van der Waals surface area contributed by atoms with Gasteiger partial charge in [-0.3, -0.25) is 9.59 Å². The molecule has 0 spiro atoms. The second-order valence-electron chi connectivity index (χ2n) is 5.94. The summed E-state index contributed by atoms with van der Waals surface area (Å²) in [6.45, 7) is 2.97. The molecule has 0 aliphatic carbocycles. The monoisotopic (exact) mass is 355 g/mol. The first-order valence-corrected chi connectivity index (χ1v) is 7.97. The van der Waals surface area contributed by atoms with E-state index in [-0.39, 0.29) is 30.3 Å². The Balaban J connectivity index is 0.00000288. The molecule has 1 aliphatic heterocycles. The van der Waals surface area contributed by atoms with Gasteiger partial charge in [-0.1, -0.05) is 18.2 Å². The van der Waals surface area contributed by atoms with Crippen LogP contribution in [0.25, 0.3) is 0 Å². The maximum absolute atomic E-state index is 12.4. The Bertz CT molecular complexity index is 558. The normalized spacial score (nSPS) is 16.0. The number of ether oxygens (including phenoxy) is 1. The smallest absolute Gasteiger partial charge is 0.236 e. The Labute approximate surface area is 149 Å². The fourth-order valence-corrected chi connectivity index (χ4v) is 2.73. The molecule has 7 heteroatoms. The van der Waals surface area contributed by atoms with Gasteiger partial charge in [-0.2, -0.15) is 0 Å². The third kappa shape index (κ3) is 5.39. The Morgan fingerprint density at radius 2 is 1.96 bits per heavy atom. The summed E-state index contributed by atoms with van der Waals surface area (Å²) in [4.78, 5) is 25.9. The molecular weight excluding hydrogens is 330 g/mol. The number of carbonyl (C=O) groups excluding carboxylic acids is 2. The van der Waals surface area contributed by atoms with Crippen LogP contribution < -0.4 is 15.8 Å². The Hall–Kier alpha value is -1.79. The first-order chi connectivity index (χ1) is 11.0. The van der Waals surface area contributed by atoms with Gasteiger partial charge in [0.05, 0.1) is 19.6 Å². The van der Waals surface area contributed by atoms with E-state index in [1.807, 2.05) is 29.2 Å². The summed E-state index contributed by atoms with van der Waals surface area (Å²) in [6.07, 6.45) is 1.85. The molecular formula is C17H26ClN3O3. The van der Waals surface area contributed by atoms with Gasteiger partial charge in [-0.25, -0.2) is 0 Å². The number of likely N-dealkylation sites (tertiary alicyclic amines) is 1. The molecule has 1 aliphatic rings. The Kier molecular flexibility index (Phi) is 8.01. The van der Waals surface area contributed by atoms with Crippen LogP contribution in [0.3, 0.4) is 0 Å². The summed E-state index contributed by atoms with van der Waals surface area (Å²) in [5.41, 5.74) is 6.45. The summed E-state index contributed by atoms with van der Waals surface area (Å²) in [7, 11) is 1.61. The highest BCUT2D eigenvalue weighted by Gasteiger charge is 2.24. The molecule has 2 amide bonds. The molecule has 1 heterocycles. The van der Waals surface area contributed by atoms with Crippen LogP contribution in [0.4, 0.5) is 0 Å². The largest absolute Gasteiger partial charge is 0.496 e. The highest BCUT2D eigenvalue weighted by molar-refractivity contribution is 5.85. The molecule has 6 nitrogen and oxygen atoms in total. The maximum atomic E-state index is 12.4. The third-order valence-corrected chi connectivity index (χ3v) is 4.14. The molecule has 0 radical (unpaired) electrons. The lowest BCUT2D eigenvalue weighted by Gasteiger charge is -2.33. The van der Waals surface area contributed by atoms with E-state index in [4.69, 9.17) is 10.5 Å². The van der Waals surface area contributed by atoms with Gasteiger partial charge in [0.1, 0.15) is 5.75 Å². The Morgan fingerprint density at radius 3 is 2.54 bits per heavy atom. The van der Waals surface area contributed by atoms with Crippen molar-refractivity contribution in [3.63, 3.8) is 0 Å². The number of carbonyl (C=O) groups is 2. The lowest BCUT2D eigenvalue weighted by atomic mass is 10.0. The molecule has 1 aromatic carbocycles. The molecule has 0 saturated carbocycles. The molecule has 1 saturated heterocycles. The zero-order valence-electron chi connectivity index (χ0n) is 14.2. The average molecular weight is 356 g/mol. The van der Waals surface area contributed by atoms with Crippen LogP contribution in [-0.4, -0.2) is 49.0 Å². The maximum Gasteiger partial charge on any atom is 0.236 e. The van der Waals surface area contributed by atoms with E-state index in [1.165, 1.54) is 0 Å². The SMILES string of the molecule is COc1ccccc1CC(=O)N1CCC(NC(=O)[C@@H](C)N)CC1.Cl. The van der Waals surface area contributed by atoms with Crippen molar-refractivity contribution in [1.29, 1.82) is 0 Å². The summed E-state index contributed by atoms with van der Waals surface area (Å²) in [5, 5.41) is 2.92. The number of rotatable bonds is 5. The quantitative estimate of drug-likeness (QED) is 0.828. The van der Waals surface area contributed by atoms with Crippen LogP contribution >= 0.6 is 12.4 Å². The zero-order valence-corrected chi connectivity index (χ0v) is 15.0. The van der Waals surface area contributed by atoms with Crippen molar-refractivity contribution in [2.24, 2.45) is 5.73 Å². The van der Waals surface area contributed by atoms with Gasteiger partial charge in [0.25, 0.3) is 0 Å². The van der Waals surface area contributed by atoms with Crippen LogP contribution in [0.15, 0.2) is 24.3 Å². The van der Waals surface area contributed by atoms with Gasteiger partial charge in [-0.05, 0) is 25.8 Å². The summed E-state index contributed by atoms with van der Waals surface area (Å²) in [6, 6.07) is 7.16. The summed E-state index contributed by atoms with van der Waals surface area (Å²) in [5.74, 6) is 0.690. The van der Waals surface area contributed by atoms with Crippen LogP contribution in [0, 0.1) is 0 Å². The zero-order chi connectivity index (χ0) is 16.8. The van der Waals surface area contributed by atoms with Gasteiger partial charge in [0.15, 0.2) is 0 Å². The second kappa shape index (κ2) is 9.49. The standard InChI is InChI=1S/C17H25N3O3.ClH/c1-12(18)17(22)19-14-7-9-20(10-8-14)16(21)11-13-5-3-4-6-15(13)23-2;/h3-6,12,14H,7-11,18H2,1-2H3,(H,19,22);1H/t12-;/m1./s1. The number of hydrogen-bond acceptors (Lipinski definition) is 4. The van der Waals surface area contributed by atoms with Crippen molar-refractivity contribution < 1.29 is 14.3 Å². The average Bonchev–Trinajstić information content (AvgIpc) is 2.55. The number of nitrogens with two attached hydrogens (primary N) is 1. The van der Waals surface area contributed by atoms with E-state index < -0.39 is 6.04 Å². The molecule has 1 atom stereocenters. The molecule has 134 valence electrons. The van der Waals surface area contributed by atoms with E-state index >= 15 is 0 Å². The van der Waals surface area contributed by atoms with Crippen molar-refractivity contribution in [1.82, 2.24) is 10.2 Å². The highest BCUT2D eigenvalue weighted by Crippen LogP contribution is 2.19. The van der Waals surface area contributed by atoms with Gasteiger partial charge in [0, 0.05) is 24.7 Å². The molecule has 3 N–H and O–H groups in total. The lowest BCUT2D eigenvalue weighted by Crippen LogP contribution is -2.50. The highest BCUT2D eigenvalue weighted by atomic mass is 35.5. The summed E-state index contributed by atoms with van der Waals surface area (Å²) < 4.78 is 5.29. The minimum absolute atomic E-state index is 0. The predicted octanol–water partition coefficient (Wildman–Crippen LogP) is 1.11. The number of methoxy groups -OCH3 is 1. The molecule has 0 unspecified atom stereocenters. The van der Waals surface area contributed by atoms with Crippen molar-refractivity contribution in [3.05, 3.63) is 29.8 Å². The summed E-state index contributed by atoms with van der Waals surface area (Å²) >= 11 is 0. The first kappa shape index (κ1) is 20.3. The van der Waals surface area contributed by atoms with Crippen LogP contribution in [-0.2, 0) is 16.0 Å². The minimum atomic E-state index is -0.500. The molecule has 2 rings (SSSR count). The van der Waals surface area contributed by atoms with Crippen LogP contribution in [0.1, 0.15) is 25.3 Å². The molecule has 0 aromatic heterocycles. The lowest BCUT2D eigenvalue weighted by molar-refractivity contribution is -0.131. The fourth-order valence-electron chi connectivity index (χ4n) is 2.73. The van der Waals surface area contributed by atoms with E-state index in [9.17, 15) is 9.59 Å². The van der Waals surface area contributed by atoms with Crippen molar-refractivity contribution in [3.8, 4) is 5.75 Å². The fraction of sp³-hybridized carbons (Fsp3) is 0.529. The Morgan fingerprint density at radius 1 is 1.33 bits per heavy atom. The van der Waals surface area contributed by atoms with E-state index in [1.54, 1.807) is 14.0 Å². The van der Waals surface area contributed by atoms with Gasteiger partial charge < -0.3 is 20.7 Å². The second-order valence-corrected chi connectivity index (χ2v) is 5.94. The number of hydrogen-bond donors (Lipinski definition) is 2. The number of amides is 2. The van der Waals surface area contributed by atoms with E-state index in [0.29, 0.717) is 19.5 Å². The number of benzene rings is 1. The van der Waals surface area contributed by atoms with Gasteiger partial charge in [-0.15, -0.1) is 12.4 Å². The third-order valence-electron chi connectivity index (χ3n) is 4.14. The van der Waals surface area contributed by atoms with Crippen LogP contribution in [0.2, 0.25) is 0 Å². The van der Waals surface area contributed by atoms with E-state index in [2.05, 4.69) is 5.32 Å². The minimum Gasteiger partial charge on any atom is -0.496 e. The van der Waals surface area contributed by atoms with Crippen LogP contribution in [0.5, 0.6) is 5.75 Å². The van der Waals surface area contributed by atoms with Crippen molar-refractivity contribution >= 4 is 24.2 Å². The number of nitrogens with one attached hydrogen (secondary N) is 1. The molecule has 1 aromatic rings. The molecule has 1 fully saturated rings.